The topological polar surface area (TPSA) is 112 Å². The Morgan fingerprint density at radius 3 is 2.83 bits per heavy atom. The van der Waals surface area contributed by atoms with Gasteiger partial charge in [-0.1, -0.05) is 36.0 Å². The average Bonchev–Trinajstić information content (AvgIpc) is 3.15. The fourth-order valence-electron chi connectivity index (χ4n) is 2.69. The number of nitrogens with zero attached hydrogens (tertiary/aromatic N) is 4. The van der Waals surface area contributed by atoms with E-state index in [1.54, 1.807) is 19.3 Å². The second kappa shape index (κ2) is 9.70. The van der Waals surface area contributed by atoms with Crippen LogP contribution in [0.2, 0.25) is 0 Å². The van der Waals surface area contributed by atoms with Gasteiger partial charge in [-0.25, -0.2) is 0 Å². The molecule has 154 valence electrons. The smallest absolute Gasteiger partial charge is 0.271 e. The Bertz CT molecular complexity index is 1080. The van der Waals surface area contributed by atoms with Crippen molar-refractivity contribution in [1.29, 1.82) is 0 Å². The lowest BCUT2D eigenvalue weighted by atomic mass is 10.2. The number of carbonyl (C=O) groups is 1. The SMILES string of the molecule is C=CCn1c(SCC(=O)Nc2cccc([N+](=O)[O-])c2)nnc1-c1cccc(OC)c1. The molecule has 1 heterocycles. The minimum absolute atomic E-state index is 0.0656. The number of methoxy groups -OCH3 is 1. The Hall–Kier alpha value is -3.66. The average molecular weight is 425 g/mol. The number of allylic oxidation sites excluding steroid dienone is 1. The van der Waals surface area contributed by atoms with Crippen LogP contribution in [0.5, 0.6) is 5.75 Å². The molecule has 1 N–H and O–H groups in total. The molecule has 0 aliphatic rings. The number of anilines is 1. The molecule has 0 radical (unpaired) electrons. The molecule has 1 amide bonds. The highest BCUT2D eigenvalue weighted by Gasteiger charge is 2.16. The van der Waals surface area contributed by atoms with Crippen molar-refractivity contribution in [3.8, 4) is 17.1 Å². The lowest BCUT2D eigenvalue weighted by Gasteiger charge is -2.09. The highest BCUT2D eigenvalue weighted by atomic mass is 32.2. The molecule has 0 fully saturated rings. The molecule has 9 nitrogen and oxygen atoms in total. The summed E-state index contributed by atoms with van der Waals surface area (Å²) in [6.07, 6.45) is 1.72. The molecule has 0 unspecified atom stereocenters. The standard InChI is InChI=1S/C20H19N5O4S/c1-3-10-24-19(14-6-4-9-17(11-14)29-2)22-23-20(24)30-13-18(26)21-15-7-5-8-16(12-15)25(27)28/h3-9,11-12H,1,10,13H2,2H3,(H,21,26). The van der Waals surface area contributed by atoms with Crippen molar-refractivity contribution >= 4 is 29.0 Å². The maximum absolute atomic E-state index is 12.3. The van der Waals surface area contributed by atoms with Crippen LogP contribution >= 0.6 is 11.8 Å². The molecule has 1 aromatic heterocycles. The summed E-state index contributed by atoms with van der Waals surface area (Å²) in [5.74, 6) is 1.09. The number of non-ortho nitro benzene ring substituents is 1. The molecule has 0 spiro atoms. The lowest BCUT2D eigenvalue weighted by Crippen LogP contribution is -2.14. The van der Waals surface area contributed by atoms with Crippen molar-refractivity contribution in [1.82, 2.24) is 14.8 Å². The van der Waals surface area contributed by atoms with Crippen molar-refractivity contribution in [2.75, 3.05) is 18.2 Å². The molecule has 0 saturated carbocycles. The van der Waals surface area contributed by atoms with Crippen LogP contribution in [0.1, 0.15) is 0 Å². The fourth-order valence-corrected chi connectivity index (χ4v) is 3.44. The lowest BCUT2D eigenvalue weighted by molar-refractivity contribution is -0.384. The fraction of sp³-hybridized carbons (Fsp3) is 0.150. The van der Waals surface area contributed by atoms with Gasteiger partial charge in [0.15, 0.2) is 11.0 Å². The van der Waals surface area contributed by atoms with Gasteiger partial charge >= 0.3 is 0 Å². The summed E-state index contributed by atoms with van der Waals surface area (Å²) in [6, 6.07) is 13.2. The summed E-state index contributed by atoms with van der Waals surface area (Å²) in [5.41, 5.74) is 1.10. The molecule has 30 heavy (non-hydrogen) atoms. The summed E-state index contributed by atoms with van der Waals surface area (Å²) < 4.78 is 7.12. The van der Waals surface area contributed by atoms with E-state index < -0.39 is 4.92 Å². The van der Waals surface area contributed by atoms with Crippen LogP contribution in [0.4, 0.5) is 11.4 Å². The zero-order valence-corrected chi connectivity index (χ0v) is 17.0. The third-order valence-electron chi connectivity index (χ3n) is 4.03. The van der Waals surface area contributed by atoms with Crippen LogP contribution in [-0.2, 0) is 11.3 Å². The van der Waals surface area contributed by atoms with E-state index in [-0.39, 0.29) is 17.3 Å². The maximum atomic E-state index is 12.3. The largest absolute Gasteiger partial charge is 0.497 e. The van der Waals surface area contributed by atoms with Gasteiger partial charge in [-0.2, -0.15) is 0 Å². The third-order valence-corrected chi connectivity index (χ3v) is 5.00. The van der Waals surface area contributed by atoms with Crippen molar-refractivity contribution < 1.29 is 14.5 Å². The normalized spacial score (nSPS) is 10.4. The van der Waals surface area contributed by atoms with E-state index >= 15 is 0 Å². The Kier molecular flexibility index (Phi) is 6.81. The number of hydrogen-bond donors (Lipinski definition) is 1. The van der Waals surface area contributed by atoms with Gasteiger partial charge in [0.25, 0.3) is 5.69 Å². The van der Waals surface area contributed by atoms with E-state index in [0.29, 0.717) is 29.0 Å². The molecular formula is C20H19N5O4S. The van der Waals surface area contributed by atoms with Crippen molar-refractivity contribution in [3.63, 3.8) is 0 Å². The second-order valence-electron chi connectivity index (χ2n) is 6.08. The second-order valence-corrected chi connectivity index (χ2v) is 7.02. The zero-order chi connectivity index (χ0) is 21.5. The van der Waals surface area contributed by atoms with E-state index in [4.69, 9.17) is 4.74 Å². The number of nitro benzene ring substituents is 1. The first-order valence-electron chi connectivity index (χ1n) is 8.87. The predicted octanol–water partition coefficient (Wildman–Crippen LogP) is 3.78. The minimum atomic E-state index is -0.512. The molecule has 10 heteroatoms. The van der Waals surface area contributed by atoms with Gasteiger partial charge in [-0.3, -0.25) is 19.5 Å². The number of benzene rings is 2. The number of amides is 1. The first kappa shape index (κ1) is 21.1. The van der Waals surface area contributed by atoms with Gasteiger partial charge in [0.2, 0.25) is 5.91 Å². The highest BCUT2D eigenvalue weighted by molar-refractivity contribution is 7.99. The number of rotatable bonds is 9. The number of ether oxygens (including phenoxy) is 1. The number of aromatic nitrogens is 3. The molecule has 0 aliphatic heterocycles. The number of thioether (sulfide) groups is 1. The maximum Gasteiger partial charge on any atom is 0.271 e. The minimum Gasteiger partial charge on any atom is -0.497 e. The Labute approximate surface area is 176 Å². The van der Waals surface area contributed by atoms with Crippen LogP contribution in [0, 0.1) is 10.1 Å². The molecule has 3 aromatic rings. The monoisotopic (exact) mass is 425 g/mol. The first-order valence-corrected chi connectivity index (χ1v) is 9.86. The zero-order valence-electron chi connectivity index (χ0n) is 16.1. The number of carbonyl (C=O) groups excluding carboxylic acids is 1. The number of hydrogen-bond acceptors (Lipinski definition) is 7. The van der Waals surface area contributed by atoms with Gasteiger partial charge in [0, 0.05) is 29.9 Å². The highest BCUT2D eigenvalue weighted by Crippen LogP contribution is 2.27. The van der Waals surface area contributed by atoms with Crippen molar-refractivity contribution in [3.05, 3.63) is 71.3 Å². The summed E-state index contributed by atoms with van der Waals surface area (Å²) in [5, 5.41) is 22.5. The van der Waals surface area contributed by atoms with E-state index in [1.165, 1.54) is 30.0 Å². The first-order chi connectivity index (χ1) is 14.5. The molecular weight excluding hydrogens is 406 g/mol. The van der Waals surface area contributed by atoms with Crippen LogP contribution in [0.15, 0.2) is 66.3 Å². The van der Waals surface area contributed by atoms with E-state index in [0.717, 1.165) is 5.56 Å². The van der Waals surface area contributed by atoms with E-state index in [2.05, 4.69) is 22.1 Å². The van der Waals surface area contributed by atoms with Crippen LogP contribution in [-0.4, -0.2) is 38.5 Å². The Balaban J connectivity index is 1.72. The van der Waals surface area contributed by atoms with Gasteiger partial charge in [-0.15, -0.1) is 16.8 Å². The molecule has 0 atom stereocenters. The van der Waals surface area contributed by atoms with E-state index in [9.17, 15) is 14.9 Å². The number of nitrogens with one attached hydrogen (secondary N) is 1. The van der Waals surface area contributed by atoms with Crippen molar-refractivity contribution in [2.45, 2.75) is 11.7 Å². The Morgan fingerprint density at radius 2 is 2.10 bits per heavy atom. The van der Waals surface area contributed by atoms with Gasteiger partial charge in [0.1, 0.15) is 5.75 Å². The number of nitro groups is 1. The summed E-state index contributed by atoms with van der Waals surface area (Å²) in [4.78, 5) is 22.7. The predicted molar refractivity (Wildman–Crippen MR) is 115 cm³/mol. The van der Waals surface area contributed by atoms with Gasteiger partial charge < -0.3 is 10.1 Å². The summed E-state index contributed by atoms with van der Waals surface area (Å²) in [7, 11) is 1.59. The molecule has 3 rings (SSSR count). The van der Waals surface area contributed by atoms with E-state index in [1.807, 2.05) is 28.8 Å². The quantitative estimate of drug-likeness (QED) is 0.240. The van der Waals surface area contributed by atoms with Gasteiger partial charge in [0.05, 0.1) is 17.8 Å². The molecule has 0 bridgehead atoms. The van der Waals surface area contributed by atoms with Crippen LogP contribution < -0.4 is 10.1 Å². The van der Waals surface area contributed by atoms with Crippen LogP contribution in [0.3, 0.4) is 0 Å². The summed E-state index contributed by atoms with van der Waals surface area (Å²) >= 11 is 1.21. The molecule has 0 aliphatic carbocycles. The molecule has 0 saturated heterocycles. The van der Waals surface area contributed by atoms with Crippen LogP contribution in [0.25, 0.3) is 11.4 Å². The molecule has 2 aromatic carbocycles. The van der Waals surface area contributed by atoms with Gasteiger partial charge in [-0.05, 0) is 18.2 Å². The van der Waals surface area contributed by atoms with Crippen molar-refractivity contribution in [2.24, 2.45) is 0 Å². The third kappa shape index (κ3) is 5.03. The Morgan fingerprint density at radius 1 is 1.30 bits per heavy atom. The summed E-state index contributed by atoms with van der Waals surface area (Å²) in [6.45, 7) is 4.24.